The monoisotopic (exact) mass is 471 g/mol. The summed E-state index contributed by atoms with van der Waals surface area (Å²) in [5, 5.41) is 3.42. The zero-order valence-electron chi connectivity index (χ0n) is 21.0. The van der Waals surface area contributed by atoms with Crippen LogP contribution in [0.25, 0.3) is 0 Å². The van der Waals surface area contributed by atoms with Gasteiger partial charge in [-0.3, -0.25) is 4.79 Å². The number of nitrogens with zero attached hydrogens (tertiary/aromatic N) is 4. The first-order chi connectivity index (χ1) is 16.8. The number of hydrogen-bond acceptors (Lipinski definition) is 7. The molecule has 7 heteroatoms. The zero-order valence-corrected chi connectivity index (χ0v) is 21.0. The first-order valence-electron chi connectivity index (χ1n) is 12.2. The number of ketones is 1. The van der Waals surface area contributed by atoms with Gasteiger partial charge in [0.25, 0.3) is 0 Å². The van der Waals surface area contributed by atoms with E-state index in [9.17, 15) is 4.79 Å². The predicted molar refractivity (Wildman–Crippen MR) is 140 cm³/mol. The van der Waals surface area contributed by atoms with Crippen molar-refractivity contribution in [2.45, 2.75) is 33.6 Å². The summed E-state index contributed by atoms with van der Waals surface area (Å²) in [7, 11) is 1.68. The number of ether oxygens (including phenoxy) is 1. The highest BCUT2D eigenvalue weighted by Gasteiger charge is 2.35. The molecule has 0 amide bonds. The standard InChI is InChI=1S/C28H33N5O2/c1-19-5-7-20(8-6-19)29-26-25-23(17-28(2,3)18-24(25)34)30-27(31-26)33-15-13-32(14-16-33)21-9-11-22(35-4)12-10-21/h5-12H,13-18H2,1-4H3,(H,29,30,31). The molecule has 1 aliphatic carbocycles. The number of benzene rings is 2. The molecule has 1 aliphatic heterocycles. The van der Waals surface area contributed by atoms with Crippen molar-refractivity contribution in [3.05, 3.63) is 65.4 Å². The van der Waals surface area contributed by atoms with Gasteiger partial charge in [0.05, 0.1) is 18.4 Å². The van der Waals surface area contributed by atoms with E-state index in [1.807, 2.05) is 24.3 Å². The molecule has 1 N–H and O–H groups in total. The van der Waals surface area contributed by atoms with E-state index in [1.54, 1.807) is 7.11 Å². The van der Waals surface area contributed by atoms with Gasteiger partial charge in [-0.1, -0.05) is 31.5 Å². The van der Waals surface area contributed by atoms with Crippen LogP contribution in [0.1, 0.15) is 41.9 Å². The molecule has 0 bridgehead atoms. The average Bonchev–Trinajstić information content (AvgIpc) is 2.84. The summed E-state index contributed by atoms with van der Waals surface area (Å²) >= 11 is 0. The van der Waals surface area contributed by atoms with Gasteiger partial charge in [0.1, 0.15) is 11.6 Å². The van der Waals surface area contributed by atoms with Crippen molar-refractivity contribution in [3.8, 4) is 5.75 Å². The Bertz CT molecular complexity index is 1210. The number of rotatable bonds is 5. The molecule has 182 valence electrons. The van der Waals surface area contributed by atoms with Crippen LogP contribution in [-0.4, -0.2) is 49.0 Å². The molecular weight excluding hydrogens is 438 g/mol. The van der Waals surface area contributed by atoms with Crippen molar-refractivity contribution < 1.29 is 9.53 Å². The van der Waals surface area contributed by atoms with Gasteiger partial charge in [-0.2, -0.15) is 4.98 Å². The van der Waals surface area contributed by atoms with E-state index in [2.05, 4.69) is 60.2 Å². The van der Waals surface area contributed by atoms with Crippen LogP contribution in [-0.2, 0) is 6.42 Å². The number of anilines is 4. The molecule has 0 saturated carbocycles. The third-order valence-corrected chi connectivity index (χ3v) is 6.85. The van der Waals surface area contributed by atoms with Gasteiger partial charge in [0.15, 0.2) is 5.78 Å². The molecule has 0 unspecified atom stereocenters. The maximum Gasteiger partial charge on any atom is 0.227 e. The van der Waals surface area contributed by atoms with Crippen molar-refractivity contribution in [2.24, 2.45) is 5.41 Å². The number of nitrogens with one attached hydrogen (secondary N) is 1. The minimum absolute atomic E-state index is 0.107. The Kier molecular flexibility index (Phi) is 6.09. The molecule has 5 rings (SSSR count). The SMILES string of the molecule is COc1ccc(N2CCN(c3nc4c(c(Nc5ccc(C)cc5)n3)C(=O)CC(C)(C)C4)CC2)cc1. The Balaban J connectivity index is 1.41. The Hall–Kier alpha value is -3.61. The van der Waals surface area contributed by atoms with Crippen molar-refractivity contribution in [3.63, 3.8) is 0 Å². The van der Waals surface area contributed by atoms with Gasteiger partial charge in [0, 0.05) is 44.0 Å². The van der Waals surface area contributed by atoms with E-state index in [0.29, 0.717) is 23.8 Å². The fraction of sp³-hybridized carbons (Fsp3) is 0.393. The van der Waals surface area contributed by atoms with Crippen LogP contribution >= 0.6 is 0 Å². The topological polar surface area (TPSA) is 70.6 Å². The quantitative estimate of drug-likeness (QED) is 0.560. The molecule has 1 fully saturated rings. The number of carbonyl (C=O) groups excluding carboxylic acids is 1. The number of aromatic nitrogens is 2. The van der Waals surface area contributed by atoms with E-state index < -0.39 is 0 Å². The number of hydrogen-bond donors (Lipinski definition) is 1. The van der Waals surface area contributed by atoms with Crippen molar-refractivity contribution in [1.29, 1.82) is 0 Å². The van der Waals surface area contributed by atoms with Crippen LogP contribution in [0, 0.1) is 12.3 Å². The van der Waals surface area contributed by atoms with E-state index >= 15 is 0 Å². The molecule has 0 radical (unpaired) electrons. The van der Waals surface area contributed by atoms with Crippen LogP contribution in [0.5, 0.6) is 5.75 Å². The lowest BCUT2D eigenvalue weighted by atomic mass is 9.75. The second-order valence-electron chi connectivity index (χ2n) is 10.3. The third-order valence-electron chi connectivity index (χ3n) is 6.85. The number of methoxy groups -OCH3 is 1. The normalized spacial score (nSPS) is 17.2. The predicted octanol–water partition coefficient (Wildman–Crippen LogP) is 5.02. The van der Waals surface area contributed by atoms with Gasteiger partial charge in [-0.05, 0) is 55.2 Å². The fourth-order valence-electron chi connectivity index (χ4n) is 4.92. The lowest BCUT2D eigenvalue weighted by Crippen LogP contribution is -2.47. The van der Waals surface area contributed by atoms with E-state index in [-0.39, 0.29) is 11.2 Å². The number of fused-ring (bicyclic) bond motifs is 1. The summed E-state index contributed by atoms with van der Waals surface area (Å²) in [4.78, 5) is 27.6. The average molecular weight is 472 g/mol. The zero-order chi connectivity index (χ0) is 24.6. The summed E-state index contributed by atoms with van der Waals surface area (Å²) in [5.41, 5.74) is 4.68. The van der Waals surface area contributed by atoms with Crippen LogP contribution in [0.4, 0.5) is 23.1 Å². The fourth-order valence-corrected chi connectivity index (χ4v) is 4.92. The maximum atomic E-state index is 13.2. The Morgan fingerprint density at radius 2 is 1.54 bits per heavy atom. The minimum atomic E-state index is -0.107. The molecule has 1 saturated heterocycles. The van der Waals surface area contributed by atoms with Gasteiger partial charge in [-0.25, -0.2) is 4.98 Å². The van der Waals surface area contributed by atoms with Gasteiger partial charge >= 0.3 is 0 Å². The maximum absolute atomic E-state index is 13.2. The van der Waals surface area contributed by atoms with E-state index in [4.69, 9.17) is 14.7 Å². The Morgan fingerprint density at radius 3 is 2.20 bits per heavy atom. The third kappa shape index (κ3) is 4.94. The molecular formula is C28H33N5O2. The highest BCUT2D eigenvalue weighted by Crippen LogP contribution is 2.38. The molecule has 3 aromatic rings. The molecule has 2 aromatic carbocycles. The summed E-state index contributed by atoms with van der Waals surface area (Å²) in [6, 6.07) is 16.3. The smallest absolute Gasteiger partial charge is 0.227 e. The Morgan fingerprint density at radius 1 is 0.886 bits per heavy atom. The minimum Gasteiger partial charge on any atom is -0.497 e. The van der Waals surface area contributed by atoms with Crippen LogP contribution < -0.4 is 19.9 Å². The summed E-state index contributed by atoms with van der Waals surface area (Å²) in [6.45, 7) is 9.70. The molecule has 2 aliphatic rings. The highest BCUT2D eigenvalue weighted by atomic mass is 16.5. The number of aryl methyl sites for hydroxylation is 1. The first-order valence-corrected chi connectivity index (χ1v) is 12.2. The van der Waals surface area contributed by atoms with Crippen molar-refractivity contribution >= 4 is 28.9 Å². The number of piperazine rings is 1. The van der Waals surface area contributed by atoms with E-state index in [0.717, 1.165) is 49.7 Å². The lowest BCUT2D eigenvalue weighted by molar-refractivity contribution is 0.0911. The summed E-state index contributed by atoms with van der Waals surface area (Å²) in [6.07, 6.45) is 1.27. The summed E-state index contributed by atoms with van der Waals surface area (Å²) in [5.74, 6) is 2.29. The lowest BCUT2D eigenvalue weighted by Gasteiger charge is -2.37. The van der Waals surface area contributed by atoms with Crippen LogP contribution in [0.3, 0.4) is 0 Å². The largest absolute Gasteiger partial charge is 0.497 e. The van der Waals surface area contributed by atoms with Crippen molar-refractivity contribution in [2.75, 3.05) is 48.4 Å². The van der Waals surface area contributed by atoms with Gasteiger partial charge in [-0.15, -0.1) is 0 Å². The second-order valence-corrected chi connectivity index (χ2v) is 10.3. The van der Waals surface area contributed by atoms with Gasteiger partial charge < -0.3 is 19.9 Å². The summed E-state index contributed by atoms with van der Waals surface area (Å²) < 4.78 is 5.29. The second kappa shape index (κ2) is 9.21. The number of Topliss-reactive ketones (excluding diaryl/α,β-unsaturated/α-hetero) is 1. The highest BCUT2D eigenvalue weighted by molar-refractivity contribution is 6.03. The molecule has 2 heterocycles. The molecule has 0 spiro atoms. The van der Waals surface area contributed by atoms with Crippen LogP contribution in [0.15, 0.2) is 48.5 Å². The van der Waals surface area contributed by atoms with Gasteiger partial charge in [0.2, 0.25) is 5.95 Å². The first kappa shape index (κ1) is 23.1. The van der Waals surface area contributed by atoms with E-state index in [1.165, 1.54) is 11.3 Å². The Labute approximate surface area is 207 Å². The molecule has 7 nitrogen and oxygen atoms in total. The van der Waals surface area contributed by atoms with Crippen molar-refractivity contribution in [1.82, 2.24) is 9.97 Å². The molecule has 35 heavy (non-hydrogen) atoms. The molecule has 1 aromatic heterocycles. The molecule has 0 atom stereocenters. The number of carbonyl (C=O) groups is 1. The van der Waals surface area contributed by atoms with Crippen LogP contribution in [0.2, 0.25) is 0 Å².